The van der Waals surface area contributed by atoms with E-state index < -0.39 is 5.38 Å². The normalized spacial score (nSPS) is 11.8. The number of hydrogen-bond donors (Lipinski definition) is 1. The van der Waals surface area contributed by atoms with E-state index >= 15 is 0 Å². The van der Waals surface area contributed by atoms with E-state index in [9.17, 15) is 4.79 Å². The van der Waals surface area contributed by atoms with Crippen LogP contribution in [-0.4, -0.2) is 13.0 Å². The van der Waals surface area contributed by atoms with Crippen molar-refractivity contribution in [2.24, 2.45) is 0 Å². The number of hydrogen-bond acceptors (Lipinski definition) is 2. The van der Waals surface area contributed by atoms with Gasteiger partial charge in [0.2, 0.25) is 5.91 Å². The molecule has 0 bridgehead atoms. The van der Waals surface area contributed by atoms with Crippen molar-refractivity contribution in [3.63, 3.8) is 0 Å². The average molecular weight is 324 g/mol. The van der Waals surface area contributed by atoms with Crippen LogP contribution in [0.25, 0.3) is 0 Å². The lowest BCUT2D eigenvalue weighted by Gasteiger charge is -2.13. The molecule has 0 aliphatic carbocycles. The third kappa shape index (κ3) is 4.13. The first-order chi connectivity index (χ1) is 10.1. The Morgan fingerprint density at radius 3 is 2.62 bits per heavy atom. The molecule has 3 nitrogen and oxygen atoms in total. The van der Waals surface area contributed by atoms with Crippen molar-refractivity contribution < 1.29 is 9.53 Å². The number of methoxy groups -OCH3 is 1. The van der Waals surface area contributed by atoms with Crippen LogP contribution in [0.2, 0.25) is 5.02 Å². The molecular weight excluding hydrogens is 309 g/mol. The number of nitrogens with one attached hydrogen (secondary N) is 1. The van der Waals surface area contributed by atoms with E-state index in [0.29, 0.717) is 17.3 Å². The van der Waals surface area contributed by atoms with Crippen LogP contribution >= 0.6 is 23.2 Å². The van der Waals surface area contributed by atoms with Crippen molar-refractivity contribution in [3.05, 3.63) is 64.7 Å². The minimum Gasteiger partial charge on any atom is -0.496 e. The Hall–Kier alpha value is -1.71. The SMILES string of the molecule is COc1ccc(Cl)cc1CNC(=O)C(Cl)c1ccccc1. The summed E-state index contributed by atoms with van der Waals surface area (Å²) in [6.45, 7) is 0.304. The largest absolute Gasteiger partial charge is 0.496 e. The molecule has 2 aromatic carbocycles. The highest BCUT2D eigenvalue weighted by atomic mass is 35.5. The van der Waals surface area contributed by atoms with Gasteiger partial charge >= 0.3 is 0 Å². The summed E-state index contributed by atoms with van der Waals surface area (Å²) in [7, 11) is 1.57. The minimum absolute atomic E-state index is 0.259. The Bertz CT molecular complexity index is 617. The third-order valence-corrected chi connectivity index (χ3v) is 3.70. The quantitative estimate of drug-likeness (QED) is 0.846. The first-order valence-corrected chi connectivity index (χ1v) is 7.22. The zero-order valence-electron chi connectivity index (χ0n) is 11.5. The summed E-state index contributed by atoms with van der Waals surface area (Å²) in [5.74, 6) is 0.412. The lowest BCUT2D eigenvalue weighted by molar-refractivity contribution is -0.121. The summed E-state index contributed by atoms with van der Waals surface area (Å²) in [5.41, 5.74) is 1.56. The molecule has 2 aromatic rings. The van der Waals surface area contributed by atoms with Gasteiger partial charge in [-0.3, -0.25) is 4.79 Å². The van der Waals surface area contributed by atoms with Crippen molar-refractivity contribution in [1.29, 1.82) is 0 Å². The second kappa shape index (κ2) is 7.34. The van der Waals surface area contributed by atoms with Gasteiger partial charge < -0.3 is 10.1 Å². The van der Waals surface area contributed by atoms with Crippen molar-refractivity contribution >= 4 is 29.1 Å². The Kier molecular flexibility index (Phi) is 5.48. The van der Waals surface area contributed by atoms with E-state index in [1.54, 1.807) is 25.3 Å². The molecule has 0 aromatic heterocycles. The van der Waals surface area contributed by atoms with Gasteiger partial charge in [-0.15, -0.1) is 11.6 Å². The molecule has 21 heavy (non-hydrogen) atoms. The number of carbonyl (C=O) groups is 1. The van der Waals surface area contributed by atoms with Gasteiger partial charge in [0, 0.05) is 17.1 Å². The summed E-state index contributed by atoms with van der Waals surface area (Å²) in [4.78, 5) is 12.1. The standard InChI is InChI=1S/C16H15Cl2NO2/c1-21-14-8-7-13(17)9-12(14)10-19-16(20)15(18)11-5-3-2-4-6-11/h2-9,15H,10H2,1H3,(H,19,20). The highest BCUT2D eigenvalue weighted by Crippen LogP contribution is 2.24. The predicted molar refractivity (Wildman–Crippen MR) is 84.9 cm³/mol. The monoisotopic (exact) mass is 323 g/mol. The molecule has 0 heterocycles. The van der Waals surface area contributed by atoms with Gasteiger partial charge in [0.15, 0.2) is 0 Å². The van der Waals surface area contributed by atoms with Crippen molar-refractivity contribution in [1.82, 2.24) is 5.32 Å². The van der Waals surface area contributed by atoms with Crippen LogP contribution < -0.4 is 10.1 Å². The molecule has 0 fully saturated rings. The first kappa shape index (κ1) is 15.7. The summed E-state index contributed by atoms with van der Waals surface area (Å²) in [6.07, 6.45) is 0. The number of rotatable bonds is 5. The molecule has 0 spiro atoms. The Labute approximate surface area is 133 Å². The lowest BCUT2D eigenvalue weighted by Crippen LogP contribution is -2.26. The fourth-order valence-corrected chi connectivity index (χ4v) is 2.35. The number of ether oxygens (including phenoxy) is 1. The number of amides is 1. The molecule has 0 radical (unpaired) electrons. The summed E-state index contributed by atoms with van der Waals surface area (Å²) < 4.78 is 5.23. The van der Waals surface area contributed by atoms with Crippen LogP contribution in [0.15, 0.2) is 48.5 Å². The molecule has 0 saturated heterocycles. The molecular formula is C16H15Cl2NO2. The molecule has 1 N–H and O–H groups in total. The molecule has 0 saturated carbocycles. The Balaban J connectivity index is 2.03. The molecule has 1 unspecified atom stereocenters. The van der Waals surface area contributed by atoms with E-state index in [1.807, 2.05) is 30.3 Å². The molecule has 0 aliphatic heterocycles. The molecule has 1 amide bonds. The zero-order chi connectivity index (χ0) is 15.2. The highest BCUT2D eigenvalue weighted by molar-refractivity contribution is 6.31. The van der Waals surface area contributed by atoms with Crippen LogP contribution in [0.4, 0.5) is 0 Å². The van der Waals surface area contributed by atoms with E-state index in [0.717, 1.165) is 11.1 Å². The van der Waals surface area contributed by atoms with Crippen LogP contribution in [0.1, 0.15) is 16.5 Å². The summed E-state index contributed by atoms with van der Waals surface area (Å²) in [5, 5.41) is 2.65. The average Bonchev–Trinajstić information content (AvgIpc) is 2.52. The lowest BCUT2D eigenvalue weighted by atomic mass is 10.1. The van der Waals surface area contributed by atoms with Gasteiger partial charge in [0.1, 0.15) is 11.1 Å². The molecule has 110 valence electrons. The van der Waals surface area contributed by atoms with Gasteiger partial charge in [0.25, 0.3) is 0 Å². The topological polar surface area (TPSA) is 38.3 Å². The van der Waals surface area contributed by atoms with E-state index in [-0.39, 0.29) is 5.91 Å². The molecule has 1 atom stereocenters. The third-order valence-electron chi connectivity index (χ3n) is 3.02. The second-order valence-corrected chi connectivity index (χ2v) is 5.32. The van der Waals surface area contributed by atoms with E-state index in [1.165, 1.54) is 0 Å². The van der Waals surface area contributed by atoms with Crippen LogP contribution in [0.5, 0.6) is 5.75 Å². The second-order valence-electron chi connectivity index (χ2n) is 4.45. The molecule has 5 heteroatoms. The van der Waals surface area contributed by atoms with Crippen molar-refractivity contribution in [2.45, 2.75) is 11.9 Å². The van der Waals surface area contributed by atoms with Gasteiger partial charge in [-0.25, -0.2) is 0 Å². The zero-order valence-corrected chi connectivity index (χ0v) is 13.0. The fraction of sp³-hybridized carbons (Fsp3) is 0.188. The fourth-order valence-electron chi connectivity index (χ4n) is 1.93. The maximum atomic E-state index is 12.1. The van der Waals surface area contributed by atoms with Crippen LogP contribution in [0, 0.1) is 0 Å². The number of benzene rings is 2. The molecule has 2 rings (SSSR count). The summed E-state index contributed by atoms with van der Waals surface area (Å²) >= 11 is 12.1. The number of alkyl halides is 1. The van der Waals surface area contributed by atoms with E-state index in [2.05, 4.69) is 5.32 Å². The number of carbonyl (C=O) groups excluding carboxylic acids is 1. The molecule has 0 aliphatic rings. The van der Waals surface area contributed by atoms with E-state index in [4.69, 9.17) is 27.9 Å². The minimum atomic E-state index is -0.726. The first-order valence-electron chi connectivity index (χ1n) is 6.41. The highest BCUT2D eigenvalue weighted by Gasteiger charge is 2.17. The maximum absolute atomic E-state index is 12.1. The number of halogens is 2. The van der Waals surface area contributed by atoms with Gasteiger partial charge in [0.05, 0.1) is 7.11 Å². The van der Waals surface area contributed by atoms with Gasteiger partial charge in [-0.1, -0.05) is 41.9 Å². The predicted octanol–water partition coefficient (Wildman–Crippen LogP) is 3.94. The Morgan fingerprint density at radius 2 is 1.95 bits per heavy atom. The smallest absolute Gasteiger partial charge is 0.242 e. The van der Waals surface area contributed by atoms with Gasteiger partial charge in [-0.2, -0.15) is 0 Å². The van der Waals surface area contributed by atoms with Crippen LogP contribution in [0.3, 0.4) is 0 Å². The van der Waals surface area contributed by atoms with Crippen LogP contribution in [-0.2, 0) is 11.3 Å². The van der Waals surface area contributed by atoms with Crippen molar-refractivity contribution in [3.8, 4) is 5.75 Å². The maximum Gasteiger partial charge on any atom is 0.242 e. The van der Waals surface area contributed by atoms with Crippen molar-refractivity contribution in [2.75, 3.05) is 7.11 Å². The Morgan fingerprint density at radius 1 is 1.24 bits per heavy atom. The summed E-state index contributed by atoms with van der Waals surface area (Å²) in [6, 6.07) is 14.5. The van der Waals surface area contributed by atoms with Gasteiger partial charge in [-0.05, 0) is 23.8 Å².